The van der Waals surface area contributed by atoms with Crippen LogP contribution in [0.15, 0.2) is 142 Å². The molecule has 0 aromatic heterocycles. The molecule has 0 radical (unpaired) electrons. The Morgan fingerprint density at radius 1 is 0.735 bits per heavy atom. The lowest BCUT2D eigenvalue weighted by molar-refractivity contribution is 0.601. The Morgan fingerprint density at radius 2 is 1.47 bits per heavy atom. The number of hydrogen-bond donors (Lipinski definition) is 0. The fourth-order valence-electron chi connectivity index (χ4n) is 6.06. The molecule has 1 atom stereocenters. The summed E-state index contributed by atoms with van der Waals surface area (Å²) in [5.74, 6) is 0.274. The molecule has 1 aliphatic heterocycles. The molecule has 162 valence electrons. The zero-order valence-electron chi connectivity index (χ0n) is 19.4. The van der Waals surface area contributed by atoms with Crippen molar-refractivity contribution in [2.24, 2.45) is 10.4 Å². The van der Waals surface area contributed by atoms with Gasteiger partial charge in [0.25, 0.3) is 0 Å². The van der Waals surface area contributed by atoms with E-state index in [4.69, 9.17) is 4.99 Å². The van der Waals surface area contributed by atoms with Gasteiger partial charge in [0.05, 0.1) is 11.1 Å². The van der Waals surface area contributed by atoms with Crippen LogP contribution in [0, 0.1) is 5.41 Å². The maximum absolute atomic E-state index is 4.97. The highest BCUT2D eigenvalue weighted by molar-refractivity contribution is 5.84. The van der Waals surface area contributed by atoms with Gasteiger partial charge in [-0.3, -0.25) is 0 Å². The minimum atomic E-state index is -0.105. The Hall–Kier alpha value is -3.97. The SMILES string of the molecule is CC1(C)C2=C(C=C3C=CC(c4ccc(-c5ccccc5)cc4)C=C32)C=C2N=c3ccccc3=C21. The van der Waals surface area contributed by atoms with E-state index in [0.717, 1.165) is 11.1 Å². The van der Waals surface area contributed by atoms with Crippen LogP contribution in [0.2, 0.25) is 0 Å². The number of fused-ring (bicyclic) bond motifs is 4. The van der Waals surface area contributed by atoms with Gasteiger partial charge in [-0.15, -0.1) is 0 Å². The van der Waals surface area contributed by atoms with Gasteiger partial charge >= 0.3 is 0 Å². The maximum atomic E-state index is 4.97. The lowest BCUT2D eigenvalue weighted by Crippen LogP contribution is -2.30. The van der Waals surface area contributed by atoms with E-state index in [1.165, 1.54) is 49.8 Å². The molecule has 1 heteroatoms. The van der Waals surface area contributed by atoms with E-state index in [-0.39, 0.29) is 11.3 Å². The van der Waals surface area contributed by atoms with Crippen molar-refractivity contribution in [2.45, 2.75) is 19.8 Å². The average molecular weight is 436 g/mol. The minimum absolute atomic E-state index is 0.105. The van der Waals surface area contributed by atoms with Crippen molar-refractivity contribution in [1.82, 2.24) is 0 Å². The fourth-order valence-corrected chi connectivity index (χ4v) is 6.06. The van der Waals surface area contributed by atoms with Crippen LogP contribution in [-0.4, -0.2) is 0 Å². The molecule has 0 fully saturated rings. The highest BCUT2D eigenvalue weighted by Crippen LogP contribution is 2.54. The van der Waals surface area contributed by atoms with Crippen molar-refractivity contribution in [3.63, 3.8) is 0 Å². The first-order valence-corrected chi connectivity index (χ1v) is 12.0. The summed E-state index contributed by atoms with van der Waals surface area (Å²) in [6, 6.07) is 28.2. The molecule has 0 saturated carbocycles. The Balaban J connectivity index is 1.29. The normalized spacial score (nSPS) is 21.1. The predicted molar refractivity (Wildman–Crippen MR) is 139 cm³/mol. The summed E-state index contributed by atoms with van der Waals surface area (Å²) in [5.41, 5.74) is 11.7. The molecule has 1 heterocycles. The van der Waals surface area contributed by atoms with Crippen molar-refractivity contribution in [2.75, 3.05) is 0 Å². The van der Waals surface area contributed by atoms with E-state index in [2.05, 4.69) is 123 Å². The summed E-state index contributed by atoms with van der Waals surface area (Å²) in [4.78, 5) is 4.97. The van der Waals surface area contributed by atoms with E-state index in [1.807, 2.05) is 0 Å². The first-order valence-electron chi connectivity index (χ1n) is 12.0. The molecule has 0 spiro atoms. The first-order chi connectivity index (χ1) is 16.6. The third-order valence-corrected chi connectivity index (χ3v) is 7.62. The van der Waals surface area contributed by atoms with Crippen LogP contribution in [-0.2, 0) is 0 Å². The van der Waals surface area contributed by atoms with Crippen molar-refractivity contribution in [1.29, 1.82) is 0 Å². The molecule has 0 saturated heterocycles. The molecule has 4 aliphatic rings. The number of benzene rings is 3. The summed E-state index contributed by atoms with van der Waals surface area (Å²) in [6.07, 6.45) is 11.7. The molecule has 7 rings (SSSR count). The maximum Gasteiger partial charge on any atom is 0.0713 e. The third kappa shape index (κ3) is 2.77. The quantitative estimate of drug-likeness (QED) is 0.431. The van der Waals surface area contributed by atoms with E-state index < -0.39 is 0 Å². The molecular formula is C33H25N. The van der Waals surface area contributed by atoms with E-state index in [9.17, 15) is 0 Å². The average Bonchev–Trinajstić information content (AvgIpc) is 3.43. The third-order valence-electron chi connectivity index (χ3n) is 7.62. The van der Waals surface area contributed by atoms with Crippen LogP contribution >= 0.6 is 0 Å². The second-order valence-corrected chi connectivity index (χ2v) is 10.0. The second-order valence-electron chi connectivity index (χ2n) is 10.0. The van der Waals surface area contributed by atoms with Crippen LogP contribution in [0.3, 0.4) is 0 Å². The number of nitrogens with zero attached hydrogens (tertiary/aromatic N) is 1. The van der Waals surface area contributed by atoms with Crippen LogP contribution < -0.4 is 10.6 Å². The molecule has 0 bridgehead atoms. The number of para-hydroxylation sites is 1. The highest BCUT2D eigenvalue weighted by atomic mass is 14.8. The Bertz CT molecular complexity index is 1640. The van der Waals surface area contributed by atoms with E-state index in [1.54, 1.807) is 0 Å². The Morgan fingerprint density at radius 3 is 2.29 bits per heavy atom. The molecule has 0 N–H and O–H groups in total. The summed E-state index contributed by atoms with van der Waals surface area (Å²) in [7, 11) is 0. The molecule has 1 unspecified atom stereocenters. The van der Waals surface area contributed by atoms with Crippen molar-refractivity contribution in [3.8, 4) is 11.1 Å². The van der Waals surface area contributed by atoms with Gasteiger partial charge in [0.1, 0.15) is 0 Å². The van der Waals surface area contributed by atoms with Gasteiger partial charge in [0.2, 0.25) is 0 Å². The number of hydrogen-bond acceptors (Lipinski definition) is 1. The zero-order valence-corrected chi connectivity index (χ0v) is 19.4. The lowest BCUT2D eigenvalue weighted by Gasteiger charge is -2.35. The summed E-state index contributed by atoms with van der Waals surface area (Å²) >= 11 is 0. The van der Waals surface area contributed by atoms with Gasteiger partial charge in [-0.05, 0) is 62.8 Å². The van der Waals surface area contributed by atoms with Crippen molar-refractivity contribution < 1.29 is 0 Å². The van der Waals surface area contributed by atoms with Gasteiger partial charge in [0, 0.05) is 16.6 Å². The van der Waals surface area contributed by atoms with Gasteiger partial charge in [0.15, 0.2) is 0 Å². The van der Waals surface area contributed by atoms with Crippen molar-refractivity contribution in [3.05, 3.63) is 153 Å². The monoisotopic (exact) mass is 435 g/mol. The molecule has 1 nitrogen and oxygen atoms in total. The van der Waals surface area contributed by atoms with Gasteiger partial charge in [-0.25, -0.2) is 4.99 Å². The Labute approximate surface area is 200 Å². The second kappa shape index (κ2) is 7.01. The number of allylic oxidation sites excluding steroid dienone is 10. The summed E-state index contributed by atoms with van der Waals surface area (Å²) < 4.78 is 0. The molecule has 0 amide bonds. The molecule has 3 aromatic rings. The standard InChI is InChI=1S/C33H25N/c1-33(2)31-26(20-30-32(33)27-10-6-7-11-29(27)34-30)18-25-17-16-24(19-28(25)31)23-14-12-22(13-15-23)21-8-4-3-5-9-21/h3-20,24H,1-2H3. The summed E-state index contributed by atoms with van der Waals surface area (Å²) in [6.45, 7) is 4.73. The van der Waals surface area contributed by atoms with Crippen LogP contribution in [0.1, 0.15) is 25.3 Å². The predicted octanol–water partition coefficient (Wildman–Crippen LogP) is 6.58. The lowest BCUT2D eigenvalue weighted by atomic mass is 9.68. The van der Waals surface area contributed by atoms with Gasteiger partial charge < -0.3 is 0 Å². The molecular weight excluding hydrogens is 410 g/mol. The zero-order chi connectivity index (χ0) is 22.9. The smallest absolute Gasteiger partial charge is 0.0713 e. The van der Waals surface area contributed by atoms with E-state index in [0.29, 0.717) is 0 Å². The van der Waals surface area contributed by atoms with Crippen LogP contribution in [0.25, 0.3) is 16.7 Å². The topological polar surface area (TPSA) is 12.4 Å². The summed E-state index contributed by atoms with van der Waals surface area (Å²) in [5, 5.41) is 2.37. The van der Waals surface area contributed by atoms with Crippen molar-refractivity contribution >= 4 is 5.57 Å². The molecule has 34 heavy (non-hydrogen) atoms. The number of rotatable bonds is 2. The highest BCUT2D eigenvalue weighted by Gasteiger charge is 2.42. The largest absolute Gasteiger partial charge is 0.248 e. The minimum Gasteiger partial charge on any atom is -0.248 e. The van der Waals surface area contributed by atoms with Crippen LogP contribution in [0.5, 0.6) is 0 Å². The fraction of sp³-hybridized carbons (Fsp3) is 0.121. The molecule has 3 aliphatic carbocycles. The first kappa shape index (κ1) is 19.5. The van der Waals surface area contributed by atoms with E-state index >= 15 is 0 Å². The van der Waals surface area contributed by atoms with Gasteiger partial charge in [-0.1, -0.05) is 105 Å². The Kier molecular flexibility index (Phi) is 4.02. The van der Waals surface area contributed by atoms with Gasteiger partial charge in [-0.2, -0.15) is 0 Å². The molecule has 3 aromatic carbocycles. The van der Waals surface area contributed by atoms with Crippen LogP contribution in [0.4, 0.5) is 0 Å².